The number of amides is 3. The maximum atomic E-state index is 13.7. The first-order valence-electron chi connectivity index (χ1n) is 11.1. The van der Waals surface area contributed by atoms with Crippen LogP contribution in [0.2, 0.25) is 0 Å². The van der Waals surface area contributed by atoms with Crippen LogP contribution in [0.3, 0.4) is 0 Å². The lowest BCUT2D eigenvalue weighted by Gasteiger charge is -2.11. The van der Waals surface area contributed by atoms with Crippen LogP contribution in [0.15, 0.2) is 71.8 Å². The fraction of sp³-hybridized carbons (Fsp3) is 0.154. The van der Waals surface area contributed by atoms with E-state index in [0.29, 0.717) is 11.3 Å². The summed E-state index contributed by atoms with van der Waals surface area (Å²) in [7, 11) is 1.42. The molecule has 0 heterocycles. The van der Waals surface area contributed by atoms with Crippen LogP contribution in [0.4, 0.5) is 14.5 Å². The molecule has 0 saturated heterocycles. The summed E-state index contributed by atoms with van der Waals surface area (Å²) in [6, 6.07) is 16.1. The van der Waals surface area contributed by atoms with Crippen LogP contribution < -0.4 is 25.5 Å². The maximum absolute atomic E-state index is 13.7. The monoisotopic (exact) mass is 510 g/mol. The highest BCUT2D eigenvalue weighted by atomic mass is 19.1. The zero-order valence-corrected chi connectivity index (χ0v) is 19.8. The molecule has 0 aliphatic heterocycles. The van der Waals surface area contributed by atoms with E-state index in [1.165, 1.54) is 55.8 Å². The van der Waals surface area contributed by atoms with E-state index < -0.39 is 29.4 Å². The summed E-state index contributed by atoms with van der Waals surface area (Å²) in [6.07, 6.45) is 1.30. The quantitative estimate of drug-likeness (QED) is 0.270. The lowest BCUT2D eigenvalue weighted by Crippen LogP contribution is -2.29. The summed E-state index contributed by atoms with van der Waals surface area (Å²) in [5, 5.41) is 8.74. The standard InChI is InChI=1S/C26H24F2N4O5/c1-36-23-14-17(10-11-22(23)37-16-25(34)31-21-9-5-4-8-20(21)28)15-30-32-24(33)12-13-29-26(35)18-6-2-3-7-19(18)27/h2-11,14-15H,12-13,16H2,1H3,(H,29,35)(H,31,34)(H,32,33). The maximum Gasteiger partial charge on any atom is 0.262 e. The smallest absolute Gasteiger partial charge is 0.262 e. The molecular weight excluding hydrogens is 486 g/mol. The predicted molar refractivity (Wildman–Crippen MR) is 133 cm³/mol. The summed E-state index contributed by atoms with van der Waals surface area (Å²) in [4.78, 5) is 35.9. The molecule has 3 aromatic rings. The van der Waals surface area contributed by atoms with Gasteiger partial charge in [0.15, 0.2) is 18.1 Å². The Bertz CT molecular complexity index is 1300. The van der Waals surface area contributed by atoms with Crippen molar-refractivity contribution in [3.05, 3.63) is 89.5 Å². The molecule has 192 valence electrons. The van der Waals surface area contributed by atoms with Crippen LogP contribution in [0.1, 0.15) is 22.3 Å². The number of benzene rings is 3. The van der Waals surface area contributed by atoms with Crippen LogP contribution in [-0.4, -0.2) is 44.2 Å². The average molecular weight is 510 g/mol. The topological polar surface area (TPSA) is 118 Å². The van der Waals surface area contributed by atoms with E-state index in [0.717, 1.165) is 0 Å². The van der Waals surface area contributed by atoms with Crippen LogP contribution in [0.25, 0.3) is 0 Å². The number of nitrogens with one attached hydrogen (secondary N) is 3. The first-order valence-corrected chi connectivity index (χ1v) is 11.1. The molecule has 0 bridgehead atoms. The van der Waals surface area contributed by atoms with E-state index in [9.17, 15) is 23.2 Å². The van der Waals surface area contributed by atoms with Crippen LogP contribution in [-0.2, 0) is 9.59 Å². The van der Waals surface area contributed by atoms with Crippen molar-refractivity contribution in [1.29, 1.82) is 0 Å². The first kappa shape index (κ1) is 26.8. The van der Waals surface area contributed by atoms with E-state index in [2.05, 4.69) is 21.2 Å². The number of carbonyl (C=O) groups excluding carboxylic acids is 3. The van der Waals surface area contributed by atoms with Gasteiger partial charge in [-0.25, -0.2) is 14.2 Å². The van der Waals surface area contributed by atoms with Gasteiger partial charge in [-0.05, 0) is 48.0 Å². The summed E-state index contributed by atoms with van der Waals surface area (Å²) >= 11 is 0. The second-order valence-electron chi connectivity index (χ2n) is 7.51. The van der Waals surface area contributed by atoms with Gasteiger partial charge in [0, 0.05) is 13.0 Å². The normalized spacial score (nSPS) is 10.6. The van der Waals surface area contributed by atoms with Crippen molar-refractivity contribution in [2.75, 3.05) is 25.6 Å². The van der Waals surface area contributed by atoms with Crippen molar-refractivity contribution in [3.63, 3.8) is 0 Å². The van der Waals surface area contributed by atoms with Gasteiger partial charge >= 0.3 is 0 Å². The second-order valence-corrected chi connectivity index (χ2v) is 7.51. The van der Waals surface area contributed by atoms with E-state index in [-0.39, 0.29) is 36.6 Å². The number of hydrogen-bond donors (Lipinski definition) is 3. The fourth-order valence-corrected chi connectivity index (χ4v) is 3.04. The van der Waals surface area contributed by atoms with E-state index >= 15 is 0 Å². The highest BCUT2D eigenvalue weighted by molar-refractivity contribution is 5.94. The Morgan fingerprint density at radius 3 is 2.38 bits per heavy atom. The number of anilines is 1. The highest BCUT2D eigenvalue weighted by Crippen LogP contribution is 2.27. The molecule has 0 unspecified atom stereocenters. The molecule has 0 saturated carbocycles. The molecule has 0 aromatic heterocycles. The molecule has 3 amide bonds. The minimum atomic E-state index is -0.647. The zero-order valence-electron chi connectivity index (χ0n) is 19.8. The fourth-order valence-electron chi connectivity index (χ4n) is 3.04. The summed E-state index contributed by atoms with van der Waals surface area (Å²) in [5.74, 6) is -2.25. The minimum absolute atomic E-state index is 0.00112. The number of hydrazone groups is 1. The molecular formula is C26H24F2N4O5. The van der Waals surface area contributed by atoms with Gasteiger partial charge in [-0.3, -0.25) is 14.4 Å². The number of rotatable bonds is 11. The van der Waals surface area contributed by atoms with Crippen molar-refractivity contribution in [2.45, 2.75) is 6.42 Å². The molecule has 0 fully saturated rings. The Hall–Kier alpha value is -4.80. The third-order valence-electron chi connectivity index (χ3n) is 4.85. The van der Waals surface area contributed by atoms with E-state index in [1.54, 1.807) is 24.3 Å². The Kier molecular flexibility index (Phi) is 9.66. The highest BCUT2D eigenvalue weighted by Gasteiger charge is 2.12. The molecule has 0 spiro atoms. The summed E-state index contributed by atoms with van der Waals surface area (Å²) < 4.78 is 38.0. The molecule has 0 aliphatic rings. The van der Waals surface area contributed by atoms with Crippen molar-refractivity contribution in [2.24, 2.45) is 5.10 Å². The number of ether oxygens (including phenoxy) is 2. The van der Waals surface area contributed by atoms with Gasteiger partial charge in [0.2, 0.25) is 5.91 Å². The molecule has 11 heteroatoms. The first-order chi connectivity index (χ1) is 17.9. The number of hydrogen-bond acceptors (Lipinski definition) is 6. The Balaban J connectivity index is 1.45. The number of methoxy groups -OCH3 is 1. The van der Waals surface area contributed by atoms with Gasteiger partial charge in [0.1, 0.15) is 11.6 Å². The van der Waals surface area contributed by atoms with E-state index in [4.69, 9.17) is 9.47 Å². The Morgan fingerprint density at radius 1 is 0.919 bits per heavy atom. The number of nitrogens with zero attached hydrogens (tertiary/aromatic N) is 1. The van der Waals surface area contributed by atoms with Gasteiger partial charge in [0.25, 0.3) is 11.8 Å². The van der Waals surface area contributed by atoms with Gasteiger partial charge in [-0.2, -0.15) is 5.10 Å². The van der Waals surface area contributed by atoms with Crippen molar-refractivity contribution < 1.29 is 32.6 Å². The zero-order chi connectivity index (χ0) is 26.6. The molecule has 3 N–H and O–H groups in total. The molecule has 9 nitrogen and oxygen atoms in total. The predicted octanol–water partition coefficient (Wildman–Crippen LogP) is 3.26. The molecule has 0 radical (unpaired) electrons. The van der Waals surface area contributed by atoms with Crippen LogP contribution >= 0.6 is 0 Å². The molecule has 0 aliphatic carbocycles. The Morgan fingerprint density at radius 2 is 1.65 bits per heavy atom. The summed E-state index contributed by atoms with van der Waals surface area (Å²) in [5.41, 5.74) is 2.83. The van der Waals surface area contributed by atoms with Gasteiger partial charge in [0.05, 0.1) is 24.6 Å². The number of para-hydroxylation sites is 1. The van der Waals surface area contributed by atoms with Crippen molar-refractivity contribution in [1.82, 2.24) is 10.7 Å². The van der Waals surface area contributed by atoms with Crippen molar-refractivity contribution in [3.8, 4) is 11.5 Å². The average Bonchev–Trinajstić information content (AvgIpc) is 2.89. The largest absolute Gasteiger partial charge is 0.493 e. The van der Waals surface area contributed by atoms with E-state index in [1.807, 2.05) is 0 Å². The van der Waals surface area contributed by atoms with Gasteiger partial charge in [-0.1, -0.05) is 24.3 Å². The SMILES string of the molecule is COc1cc(C=NNC(=O)CCNC(=O)c2ccccc2F)ccc1OCC(=O)Nc1ccccc1F. The van der Waals surface area contributed by atoms with Crippen LogP contribution in [0.5, 0.6) is 11.5 Å². The van der Waals surface area contributed by atoms with Gasteiger partial charge < -0.3 is 20.1 Å². The minimum Gasteiger partial charge on any atom is -0.493 e. The third kappa shape index (κ3) is 8.13. The van der Waals surface area contributed by atoms with Crippen LogP contribution in [0, 0.1) is 11.6 Å². The molecule has 0 atom stereocenters. The molecule has 37 heavy (non-hydrogen) atoms. The number of halogens is 2. The van der Waals surface area contributed by atoms with Gasteiger partial charge in [-0.15, -0.1) is 0 Å². The lowest BCUT2D eigenvalue weighted by molar-refractivity contribution is -0.121. The van der Waals surface area contributed by atoms with Crippen molar-refractivity contribution >= 4 is 29.6 Å². The number of carbonyl (C=O) groups is 3. The molecule has 3 rings (SSSR count). The third-order valence-corrected chi connectivity index (χ3v) is 4.85. The molecule has 3 aromatic carbocycles. The second kappa shape index (κ2) is 13.3. The summed E-state index contributed by atoms with van der Waals surface area (Å²) in [6.45, 7) is -0.374. The lowest BCUT2D eigenvalue weighted by atomic mass is 10.2. The Labute approximate surface area is 211 Å².